The predicted octanol–water partition coefficient (Wildman–Crippen LogP) is 3.06. The van der Waals surface area contributed by atoms with Crippen molar-refractivity contribution in [3.05, 3.63) is 24.3 Å². The molecule has 0 fully saturated rings. The summed E-state index contributed by atoms with van der Waals surface area (Å²) < 4.78 is 21.5. The van der Waals surface area contributed by atoms with Gasteiger partial charge in [0, 0.05) is 16.6 Å². The van der Waals surface area contributed by atoms with Gasteiger partial charge in [-0.3, -0.25) is 0 Å². The highest BCUT2D eigenvalue weighted by atomic mass is 16.6. The van der Waals surface area contributed by atoms with E-state index in [-0.39, 0.29) is 17.6 Å². The summed E-state index contributed by atoms with van der Waals surface area (Å²) in [4.78, 5) is 22.8. The number of carbonyl (C=O) groups excluding carboxylic acids is 2. The summed E-state index contributed by atoms with van der Waals surface area (Å²) >= 11 is 0. The lowest BCUT2D eigenvalue weighted by atomic mass is 9.96. The summed E-state index contributed by atoms with van der Waals surface area (Å²) in [6, 6.07) is 0. The van der Waals surface area contributed by atoms with Crippen molar-refractivity contribution >= 4 is 11.9 Å². The lowest BCUT2D eigenvalue weighted by molar-refractivity contribution is -0.147. The van der Waals surface area contributed by atoms with Crippen LogP contribution in [0, 0.1) is 5.41 Å². The number of rotatable bonds is 12. The van der Waals surface area contributed by atoms with Crippen LogP contribution in [0.3, 0.4) is 0 Å². The predicted molar refractivity (Wildman–Crippen MR) is 96.2 cm³/mol. The lowest BCUT2D eigenvalue weighted by Crippen LogP contribution is -2.30. The molecule has 25 heavy (non-hydrogen) atoms. The van der Waals surface area contributed by atoms with Gasteiger partial charge in [-0.25, -0.2) is 9.59 Å². The van der Waals surface area contributed by atoms with Crippen molar-refractivity contribution in [3.8, 4) is 0 Å². The van der Waals surface area contributed by atoms with Crippen LogP contribution in [-0.2, 0) is 28.5 Å². The van der Waals surface area contributed by atoms with E-state index in [9.17, 15) is 9.59 Å². The fourth-order valence-electron chi connectivity index (χ4n) is 1.68. The molecule has 0 aliphatic rings. The van der Waals surface area contributed by atoms with Gasteiger partial charge in [0.15, 0.2) is 0 Å². The molecule has 0 amide bonds. The van der Waals surface area contributed by atoms with Gasteiger partial charge in [0.05, 0.1) is 26.4 Å². The fraction of sp³-hybridized carbons (Fsp3) is 0.684. The lowest BCUT2D eigenvalue weighted by Gasteiger charge is -2.26. The molecule has 0 saturated heterocycles. The zero-order chi connectivity index (χ0) is 19.6. The minimum absolute atomic E-state index is 0.226. The standard InChI is InChI=1S/C19H32O6/c1-13(2)17(20)24-15(5)9-22-11-19(7,8)12-23-10-16(6)25-18(21)14(3)4/h15-16H,1,3,9-12H2,2,4-8H3. The molecule has 0 saturated carbocycles. The largest absolute Gasteiger partial charge is 0.457 e. The smallest absolute Gasteiger partial charge is 0.333 e. The summed E-state index contributed by atoms with van der Waals surface area (Å²) in [5.74, 6) is -0.839. The van der Waals surface area contributed by atoms with Gasteiger partial charge in [-0.05, 0) is 27.7 Å². The van der Waals surface area contributed by atoms with E-state index in [0.29, 0.717) is 37.6 Å². The number of carbonyl (C=O) groups is 2. The molecule has 0 N–H and O–H groups in total. The van der Waals surface area contributed by atoms with Gasteiger partial charge in [-0.15, -0.1) is 0 Å². The van der Waals surface area contributed by atoms with E-state index in [4.69, 9.17) is 18.9 Å². The van der Waals surface area contributed by atoms with Gasteiger partial charge in [0.2, 0.25) is 0 Å². The van der Waals surface area contributed by atoms with E-state index in [2.05, 4.69) is 13.2 Å². The second-order valence-corrected chi connectivity index (χ2v) is 7.19. The molecular weight excluding hydrogens is 324 g/mol. The van der Waals surface area contributed by atoms with Gasteiger partial charge in [0.1, 0.15) is 12.2 Å². The Balaban J connectivity index is 4.01. The van der Waals surface area contributed by atoms with E-state index in [1.54, 1.807) is 27.7 Å². The first-order chi connectivity index (χ1) is 11.4. The number of hydrogen-bond acceptors (Lipinski definition) is 6. The molecule has 144 valence electrons. The van der Waals surface area contributed by atoms with Crippen LogP contribution >= 0.6 is 0 Å². The fourth-order valence-corrected chi connectivity index (χ4v) is 1.68. The molecule has 0 aromatic heterocycles. The first-order valence-electron chi connectivity index (χ1n) is 8.33. The van der Waals surface area contributed by atoms with Gasteiger partial charge < -0.3 is 18.9 Å². The summed E-state index contributed by atoms with van der Waals surface area (Å²) in [7, 11) is 0. The summed E-state index contributed by atoms with van der Waals surface area (Å²) in [5, 5.41) is 0. The van der Waals surface area contributed by atoms with Crippen LogP contribution in [0.25, 0.3) is 0 Å². The second-order valence-electron chi connectivity index (χ2n) is 7.19. The summed E-state index contributed by atoms with van der Waals surface area (Å²) in [6.45, 7) is 19.3. The van der Waals surface area contributed by atoms with Crippen molar-refractivity contribution < 1.29 is 28.5 Å². The van der Waals surface area contributed by atoms with Crippen LogP contribution in [0.5, 0.6) is 0 Å². The third-order valence-corrected chi connectivity index (χ3v) is 3.00. The zero-order valence-electron chi connectivity index (χ0n) is 16.3. The molecule has 0 heterocycles. The average molecular weight is 356 g/mol. The van der Waals surface area contributed by atoms with Gasteiger partial charge >= 0.3 is 11.9 Å². The van der Waals surface area contributed by atoms with Gasteiger partial charge in [-0.1, -0.05) is 27.0 Å². The van der Waals surface area contributed by atoms with Crippen molar-refractivity contribution in [2.75, 3.05) is 26.4 Å². The van der Waals surface area contributed by atoms with E-state index in [1.165, 1.54) is 0 Å². The molecular formula is C19H32O6. The molecule has 0 aliphatic carbocycles. The number of ether oxygens (including phenoxy) is 4. The van der Waals surface area contributed by atoms with Crippen molar-refractivity contribution in [2.24, 2.45) is 5.41 Å². The second kappa shape index (κ2) is 11.1. The Bertz CT molecular complexity index is 438. The Hall–Kier alpha value is -1.66. The van der Waals surface area contributed by atoms with Crippen LogP contribution in [0.4, 0.5) is 0 Å². The minimum Gasteiger partial charge on any atom is -0.457 e. The molecule has 0 aromatic carbocycles. The van der Waals surface area contributed by atoms with E-state index < -0.39 is 11.9 Å². The molecule has 0 bridgehead atoms. The highest BCUT2D eigenvalue weighted by Crippen LogP contribution is 2.17. The molecule has 0 spiro atoms. The molecule has 0 aromatic rings. The average Bonchev–Trinajstić information content (AvgIpc) is 2.46. The van der Waals surface area contributed by atoms with Crippen LogP contribution in [0.1, 0.15) is 41.5 Å². The third-order valence-electron chi connectivity index (χ3n) is 3.00. The normalized spacial score (nSPS) is 13.7. The van der Waals surface area contributed by atoms with Crippen LogP contribution in [0.2, 0.25) is 0 Å². The third kappa shape index (κ3) is 11.5. The highest BCUT2D eigenvalue weighted by Gasteiger charge is 2.21. The Labute approximate surface area is 151 Å². The SMILES string of the molecule is C=C(C)C(=O)OC(C)COCC(C)(C)COCC(C)OC(=O)C(=C)C. The first kappa shape index (κ1) is 23.3. The quantitative estimate of drug-likeness (QED) is 0.395. The van der Waals surface area contributed by atoms with E-state index in [1.807, 2.05) is 13.8 Å². The maximum absolute atomic E-state index is 11.4. The van der Waals surface area contributed by atoms with Gasteiger partial charge in [0.25, 0.3) is 0 Å². The van der Waals surface area contributed by atoms with E-state index >= 15 is 0 Å². The van der Waals surface area contributed by atoms with Crippen LogP contribution < -0.4 is 0 Å². The minimum atomic E-state index is -0.419. The van der Waals surface area contributed by atoms with Crippen molar-refractivity contribution in [2.45, 2.75) is 53.8 Å². The van der Waals surface area contributed by atoms with E-state index in [0.717, 1.165) is 0 Å². The molecule has 2 unspecified atom stereocenters. The first-order valence-corrected chi connectivity index (χ1v) is 8.33. The molecule has 2 atom stereocenters. The van der Waals surface area contributed by atoms with Crippen LogP contribution in [0.15, 0.2) is 24.3 Å². The Morgan fingerprint density at radius 1 is 0.840 bits per heavy atom. The Morgan fingerprint density at radius 2 is 1.16 bits per heavy atom. The summed E-state index contributed by atoms with van der Waals surface area (Å²) in [5.41, 5.74) is 0.500. The zero-order valence-corrected chi connectivity index (χ0v) is 16.3. The maximum Gasteiger partial charge on any atom is 0.333 e. The molecule has 0 aliphatic heterocycles. The number of esters is 2. The highest BCUT2D eigenvalue weighted by molar-refractivity contribution is 5.87. The molecule has 0 rings (SSSR count). The molecule has 0 radical (unpaired) electrons. The molecule has 6 heteroatoms. The van der Waals surface area contributed by atoms with Crippen molar-refractivity contribution in [1.82, 2.24) is 0 Å². The Morgan fingerprint density at radius 3 is 1.44 bits per heavy atom. The van der Waals surface area contributed by atoms with Crippen molar-refractivity contribution in [1.29, 1.82) is 0 Å². The maximum atomic E-state index is 11.4. The summed E-state index contributed by atoms with van der Waals surface area (Å²) in [6.07, 6.45) is -0.690. The monoisotopic (exact) mass is 356 g/mol. The topological polar surface area (TPSA) is 71.1 Å². The molecule has 6 nitrogen and oxygen atoms in total. The van der Waals surface area contributed by atoms with Gasteiger partial charge in [-0.2, -0.15) is 0 Å². The number of hydrogen-bond donors (Lipinski definition) is 0. The Kier molecular flexibility index (Phi) is 10.3. The van der Waals surface area contributed by atoms with Crippen LogP contribution in [-0.4, -0.2) is 50.6 Å². The van der Waals surface area contributed by atoms with Crippen molar-refractivity contribution in [3.63, 3.8) is 0 Å².